The molecule has 1 aliphatic carbocycles. The third kappa shape index (κ3) is 3.28. The lowest BCUT2D eigenvalue weighted by atomic mass is 9.97. The number of ether oxygens (including phenoxy) is 1. The van der Waals surface area contributed by atoms with Crippen LogP contribution in [0.25, 0.3) is 5.57 Å². The summed E-state index contributed by atoms with van der Waals surface area (Å²) in [5, 5.41) is 2.79. The van der Waals surface area contributed by atoms with E-state index in [0.717, 1.165) is 5.56 Å². The van der Waals surface area contributed by atoms with Crippen LogP contribution in [0.4, 0.5) is 0 Å². The maximum atomic E-state index is 12.9. The van der Waals surface area contributed by atoms with E-state index in [1.54, 1.807) is 18.2 Å². The van der Waals surface area contributed by atoms with Crippen molar-refractivity contribution in [2.24, 2.45) is 0 Å². The molecule has 2 aromatic rings. The molecule has 1 N–H and O–H groups in total. The maximum absolute atomic E-state index is 12.9. The first-order chi connectivity index (χ1) is 12.4. The Kier molecular flexibility index (Phi) is 4.71. The fraction of sp³-hybridized carbons (Fsp3) is 0.190. The molecule has 5 nitrogen and oxygen atoms in total. The molecule has 132 valence electrons. The molecular weight excluding hydrogens is 330 g/mol. The van der Waals surface area contributed by atoms with Gasteiger partial charge in [0.1, 0.15) is 5.75 Å². The van der Waals surface area contributed by atoms with Gasteiger partial charge in [0.15, 0.2) is 5.78 Å². The SMILES string of the molecule is CC(=O)Oc1ccc2c(c1)C(c1ccccc1)=C(C(=O)NC(C)C)C2=O. The molecule has 3 rings (SSSR count). The van der Waals surface area contributed by atoms with Crippen molar-refractivity contribution < 1.29 is 19.1 Å². The van der Waals surface area contributed by atoms with E-state index in [2.05, 4.69) is 5.32 Å². The molecular formula is C21H19NO4. The van der Waals surface area contributed by atoms with Crippen molar-refractivity contribution in [3.63, 3.8) is 0 Å². The Balaban J connectivity index is 2.20. The van der Waals surface area contributed by atoms with Gasteiger partial charge in [-0.2, -0.15) is 0 Å². The van der Waals surface area contributed by atoms with Crippen LogP contribution in [-0.2, 0) is 9.59 Å². The number of ketones is 1. The van der Waals surface area contributed by atoms with E-state index >= 15 is 0 Å². The van der Waals surface area contributed by atoms with Gasteiger partial charge in [-0.05, 0) is 43.2 Å². The first-order valence-electron chi connectivity index (χ1n) is 8.36. The molecule has 1 amide bonds. The molecule has 0 fully saturated rings. The predicted octanol–water partition coefficient (Wildman–Crippen LogP) is 3.13. The summed E-state index contributed by atoms with van der Waals surface area (Å²) in [6.45, 7) is 4.99. The molecule has 26 heavy (non-hydrogen) atoms. The van der Waals surface area contributed by atoms with E-state index < -0.39 is 11.9 Å². The summed E-state index contributed by atoms with van der Waals surface area (Å²) in [6.07, 6.45) is 0. The van der Waals surface area contributed by atoms with E-state index in [9.17, 15) is 14.4 Å². The quantitative estimate of drug-likeness (QED) is 0.523. The van der Waals surface area contributed by atoms with Crippen molar-refractivity contribution in [2.45, 2.75) is 26.8 Å². The summed E-state index contributed by atoms with van der Waals surface area (Å²) >= 11 is 0. The number of carbonyl (C=O) groups excluding carboxylic acids is 3. The van der Waals surface area contributed by atoms with Crippen LogP contribution in [0.1, 0.15) is 42.3 Å². The Labute approximate surface area is 151 Å². The van der Waals surface area contributed by atoms with Crippen LogP contribution in [0.5, 0.6) is 5.75 Å². The summed E-state index contributed by atoms with van der Waals surface area (Å²) in [4.78, 5) is 36.9. The minimum atomic E-state index is -0.447. The summed E-state index contributed by atoms with van der Waals surface area (Å²) in [5.74, 6) is -0.847. The Morgan fingerprint density at radius 2 is 1.69 bits per heavy atom. The van der Waals surface area contributed by atoms with Crippen molar-refractivity contribution in [1.82, 2.24) is 5.32 Å². The molecule has 0 atom stereocenters. The topological polar surface area (TPSA) is 72.5 Å². The van der Waals surface area contributed by atoms with Gasteiger partial charge in [0.25, 0.3) is 5.91 Å². The highest BCUT2D eigenvalue weighted by Crippen LogP contribution is 2.39. The van der Waals surface area contributed by atoms with E-state index in [4.69, 9.17) is 4.74 Å². The lowest BCUT2D eigenvalue weighted by Gasteiger charge is -2.11. The van der Waals surface area contributed by atoms with Crippen molar-refractivity contribution >= 4 is 23.2 Å². The average Bonchev–Trinajstić information content (AvgIpc) is 2.87. The molecule has 0 spiro atoms. The minimum Gasteiger partial charge on any atom is -0.427 e. The standard InChI is InChI=1S/C21H19NO4/c1-12(2)22-21(25)19-18(14-7-5-4-6-8-14)17-11-15(26-13(3)23)9-10-16(17)20(19)24/h4-12H,1-3H3,(H,22,25). The third-order valence-corrected chi connectivity index (χ3v) is 3.95. The van der Waals surface area contributed by atoms with Crippen molar-refractivity contribution in [2.75, 3.05) is 0 Å². The van der Waals surface area contributed by atoms with Gasteiger partial charge < -0.3 is 10.1 Å². The molecule has 5 heteroatoms. The Morgan fingerprint density at radius 3 is 2.31 bits per heavy atom. The number of amides is 1. The van der Waals surface area contributed by atoms with Gasteiger partial charge in [-0.1, -0.05) is 30.3 Å². The molecule has 2 aromatic carbocycles. The second-order valence-electron chi connectivity index (χ2n) is 6.37. The molecule has 0 saturated heterocycles. The number of hydrogen-bond acceptors (Lipinski definition) is 4. The monoisotopic (exact) mass is 349 g/mol. The number of esters is 1. The molecule has 0 unspecified atom stereocenters. The Bertz CT molecular complexity index is 926. The van der Waals surface area contributed by atoms with Gasteiger partial charge in [-0.15, -0.1) is 0 Å². The molecule has 0 radical (unpaired) electrons. The minimum absolute atomic E-state index is 0.0971. The number of benzene rings is 2. The van der Waals surface area contributed by atoms with Crippen molar-refractivity contribution in [3.05, 3.63) is 70.8 Å². The summed E-state index contributed by atoms with van der Waals surface area (Å²) in [6, 6.07) is 13.9. The normalized spacial score (nSPS) is 13.0. The van der Waals surface area contributed by atoms with Crippen LogP contribution < -0.4 is 10.1 Å². The lowest BCUT2D eigenvalue weighted by molar-refractivity contribution is -0.131. The summed E-state index contributed by atoms with van der Waals surface area (Å²) in [7, 11) is 0. The maximum Gasteiger partial charge on any atom is 0.308 e. The highest BCUT2D eigenvalue weighted by atomic mass is 16.5. The fourth-order valence-electron chi connectivity index (χ4n) is 3.00. The number of nitrogens with one attached hydrogen (secondary N) is 1. The molecule has 0 bridgehead atoms. The zero-order valence-corrected chi connectivity index (χ0v) is 14.8. The average molecular weight is 349 g/mol. The number of rotatable bonds is 4. The van der Waals surface area contributed by atoms with Gasteiger partial charge in [0.05, 0.1) is 5.57 Å². The van der Waals surface area contributed by atoms with E-state index in [-0.39, 0.29) is 17.4 Å². The van der Waals surface area contributed by atoms with Gasteiger partial charge in [-0.3, -0.25) is 14.4 Å². The molecule has 1 aliphatic rings. The number of fused-ring (bicyclic) bond motifs is 1. The first-order valence-corrected chi connectivity index (χ1v) is 8.36. The molecule has 0 aromatic heterocycles. The van der Waals surface area contributed by atoms with E-state index in [1.807, 2.05) is 44.2 Å². The third-order valence-electron chi connectivity index (χ3n) is 3.95. The van der Waals surface area contributed by atoms with Gasteiger partial charge in [-0.25, -0.2) is 0 Å². The van der Waals surface area contributed by atoms with E-state index in [1.165, 1.54) is 6.92 Å². The van der Waals surface area contributed by atoms with Gasteiger partial charge >= 0.3 is 5.97 Å². The van der Waals surface area contributed by atoms with Crippen LogP contribution in [0.2, 0.25) is 0 Å². The van der Waals surface area contributed by atoms with Crippen LogP contribution in [-0.4, -0.2) is 23.7 Å². The Hall–Kier alpha value is -3.21. The second-order valence-corrected chi connectivity index (χ2v) is 6.37. The highest BCUT2D eigenvalue weighted by Gasteiger charge is 2.35. The van der Waals surface area contributed by atoms with E-state index in [0.29, 0.717) is 22.4 Å². The second kappa shape index (κ2) is 6.96. The molecule has 0 saturated carbocycles. The van der Waals surface area contributed by atoms with Crippen molar-refractivity contribution in [3.8, 4) is 5.75 Å². The Morgan fingerprint density at radius 1 is 1.00 bits per heavy atom. The fourth-order valence-corrected chi connectivity index (χ4v) is 3.00. The number of carbonyl (C=O) groups is 3. The van der Waals surface area contributed by atoms with Gasteiger partial charge in [0.2, 0.25) is 0 Å². The number of hydrogen-bond donors (Lipinski definition) is 1. The van der Waals surface area contributed by atoms with Gasteiger partial charge in [0, 0.05) is 24.1 Å². The van der Waals surface area contributed by atoms with Crippen molar-refractivity contribution in [1.29, 1.82) is 0 Å². The lowest BCUT2D eigenvalue weighted by Crippen LogP contribution is -2.33. The molecule has 0 aliphatic heterocycles. The summed E-state index contributed by atoms with van der Waals surface area (Å²) in [5.41, 5.74) is 2.44. The first kappa shape index (κ1) is 17.6. The largest absolute Gasteiger partial charge is 0.427 e. The molecule has 0 heterocycles. The van der Waals surface area contributed by atoms with Crippen LogP contribution in [0, 0.1) is 0 Å². The number of Topliss-reactive ketones (excluding diaryl/α,β-unsaturated/α-hetero) is 1. The smallest absolute Gasteiger partial charge is 0.308 e. The van der Waals surface area contributed by atoms with Crippen LogP contribution in [0.15, 0.2) is 54.1 Å². The van der Waals surface area contributed by atoms with Crippen LogP contribution >= 0.6 is 0 Å². The zero-order chi connectivity index (χ0) is 18.8. The van der Waals surface area contributed by atoms with Crippen LogP contribution in [0.3, 0.4) is 0 Å². The highest BCUT2D eigenvalue weighted by molar-refractivity contribution is 6.36. The predicted molar refractivity (Wildman–Crippen MR) is 97.8 cm³/mol. The summed E-state index contributed by atoms with van der Waals surface area (Å²) < 4.78 is 5.15. The zero-order valence-electron chi connectivity index (χ0n) is 14.8.